The number of methoxy groups -OCH3 is 2. The van der Waals surface area contributed by atoms with E-state index in [1.165, 1.54) is 0 Å². The average molecular weight is 265 g/mol. The monoisotopic (exact) mass is 265 g/mol. The van der Waals surface area contributed by atoms with Gasteiger partial charge in [0.05, 0.1) is 20.1 Å². The van der Waals surface area contributed by atoms with Crippen LogP contribution in [0.25, 0.3) is 0 Å². The van der Waals surface area contributed by atoms with Crippen LogP contribution in [0, 0.1) is 5.92 Å². The molecule has 2 atom stereocenters. The lowest BCUT2D eigenvalue weighted by atomic mass is 9.89. The standard InChI is InChI=1S/C14H19NO4/c1-15-7-10(11(8-15)14(16)17)9-4-5-12(18-2)13(6-9)19-3/h4-6,10-11H,7-8H2,1-3H3,(H,16,17)/t10-,11+/m1/s1. The second-order valence-corrected chi connectivity index (χ2v) is 4.89. The van der Waals surface area contributed by atoms with Crippen molar-refractivity contribution < 1.29 is 19.4 Å². The zero-order valence-electron chi connectivity index (χ0n) is 11.4. The number of likely N-dealkylation sites (tertiary alicyclic amines) is 1. The maximum absolute atomic E-state index is 11.3. The quantitative estimate of drug-likeness (QED) is 0.892. The van der Waals surface area contributed by atoms with E-state index in [4.69, 9.17) is 9.47 Å². The number of aliphatic carboxylic acids is 1. The van der Waals surface area contributed by atoms with Crippen LogP contribution in [0.2, 0.25) is 0 Å². The summed E-state index contributed by atoms with van der Waals surface area (Å²) >= 11 is 0. The smallest absolute Gasteiger partial charge is 0.308 e. The number of likely N-dealkylation sites (N-methyl/N-ethyl adjacent to an activating group) is 1. The van der Waals surface area contributed by atoms with Gasteiger partial charge in [-0.25, -0.2) is 0 Å². The Bertz CT molecular complexity index is 475. The van der Waals surface area contributed by atoms with Gasteiger partial charge in [0, 0.05) is 19.0 Å². The molecule has 104 valence electrons. The van der Waals surface area contributed by atoms with E-state index in [0.717, 1.165) is 12.1 Å². The molecule has 0 radical (unpaired) electrons. The molecular formula is C14H19NO4. The van der Waals surface area contributed by atoms with Crippen molar-refractivity contribution in [2.24, 2.45) is 5.92 Å². The summed E-state index contributed by atoms with van der Waals surface area (Å²) in [6.07, 6.45) is 0. The first kappa shape index (κ1) is 13.7. The third kappa shape index (κ3) is 2.66. The van der Waals surface area contributed by atoms with Crippen LogP contribution in [0.15, 0.2) is 18.2 Å². The Labute approximate surface area is 112 Å². The summed E-state index contributed by atoms with van der Waals surface area (Å²) < 4.78 is 10.5. The van der Waals surface area contributed by atoms with E-state index in [2.05, 4.69) is 0 Å². The van der Waals surface area contributed by atoms with Gasteiger partial charge in [-0.2, -0.15) is 0 Å². The minimum absolute atomic E-state index is 0.0118. The largest absolute Gasteiger partial charge is 0.493 e. The number of hydrogen-bond acceptors (Lipinski definition) is 4. The van der Waals surface area contributed by atoms with Crippen molar-refractivity contribution in [2.45, 2.75) is 5.92 Å². The number of nitrogens with zero attached hydrogens (tertiary/aromatic N) is 1. The van der Waals surface area contributed by atoms with E-state index in [0.29, 0.717) is 18.0 Å². The number of benzene rings is 1. The van der Waals surface area contributed by atoms with Crippen LogP contribution in [0.3, 0.4) is 0 Å². The highest BCUT2D eigenvalue weighted by atomic mass is 16.5. The predicted octanol–water partition coefficient (Wildman–Crippen LogP) is 1.43. The summed E-state index contributed by atoms with van der Waals surface area (Å²) in [5, 5.41) is 9.31. The zero-order valence-corrected chi connectivity index (χ0v) is 11.4. The highest BCUT2D eigenvalue weighted by molar-refractivity contribution is 5.72. The van der Waals surface area contributed by atoms with Gasteiger partial charge in [-0.05, 0) is 24.7 Å². The first-order valence-electron chi connectivity index (χ1n) is 6.20. The van der Waals surface area contributed by atoms with E-state index >= 15 is 0 Å². The van der Waals surface area contributed by atoms with Crippen molar-refractivity contribution in [1.29, 1.82) is 0 Å². The molecule has 0 bridgehead atoms. The minimum atomic E-state index is -0.746. The molecule has 5 heteroatoms. The van der Waals surface area contributed by atoms with Gasteiger partial charge < -0.3 is 19.5 Å². The van der Waals surface area contributed by atoms with Gasteiger partial charge in [-0.15, -0.1) is 0 Å². The molecule has 0 amide bonds. The van der Waals surface area contributed by atoms with Crippen molar-refractivity contribution in [3.05, 3.63) is 23.8 Å². The molecular weight excluding hydrogens is 246 g/mol. The first-order chi connectivity index (χ1) is 9.06. The molecule has 0 saturated carbocycles. The van der Waals surface area contributed by atoms with E-state index in [1.54, 1.807) is 14.2 Å². The van der Waals surface area contributed by atoms with Gasteiger partial charge in [-0.1, -0.05) is 6.07 Å². The highest BCUT2D eigenvalue weighted by Crippen LogP contribution is 2.36. The number of carboxylic acids is 1. The molecule has 0 aliphatic carbocycles. The van der Waals surface area contributed by atoms with Crippen LogP contribution >= 0.6 is 0 Å². The van der Waals surface area contributed by atoms with E-state index in [9.17, 15) is 9.90 Å². The van der Waals surface area contributed by atoms with Crippen LogP contribution in [-0.4, -0.2) is 50.3 Å². The topological polar surface area (TPSA) is 59.0 Å². The van der Waals surface area contributed by atoms with Crippen LogP contribution in [-0.2, 0) is 4.79 Å². The van der Waals surface area contributed by atoms with Crippen molar-refractivity contribution in [3.63, 3.8) is 0 Å². The second kappa shape index (κ2) is 5.48. The Morgan fingerprint density at radius 1 is 1.26 bits per heavy atom. The van der Waals surface area contributed by atoms with E-state index in [1.807, 2.05) is 30.1 Å². The lowest BCUT2D eigenvalue weighted by Gasteiger charge is -2.17. The summed E-state index contributed by atoms with van der Waals surface area (Å²) in [5.41, 5.74) is 0.981. The minimum Gasteiger partial charge on any atom is -0.493 e. The molecule has 1 N–H and O–H groups in total. The summed E-state index contributed by atoms with van der Waals surface area (Å²) in [4.78, 5) is 13.4. The van der Waals surface area contributed by atoms with Crippen LogP contribution in [0.1, 0.15) is 11.5 Å². The van der Waals surface area contributed by atoms with Crippen molar-refractivity contribution >= 4 is 5.97 Å². The molecule has 0 aromatic heterocycles. The first-order valence-corrected chi connectivity index (χ1v) is 6.20. The lowest BCUT2D eigenvalue weighted by molar-refractivity contribution is -0.141. The van der Waals surface area contributed by atoms with Gasteiger partial charge >= 0.3 is 5.97 Å². The molecule has 0 spiro atoms. The van der Waals surface area contributed by atoms with Crippen molar-refractivity contribution in [3.8, 4) is 11.5 Å². The molecule has 1 aliphatic rings. The van der Waals surface area contributed by atoms with Gasteiger partial charge in [0.2, 0.25) is 0 Å². The molecule has 19 heavy (non-hydrogen) atoms. The summed E-state index contributed by atoms with van der Waals surface area (Å²) in [6.45, 7) is 1.32. The fraction of sp³-hybridized carbons (Fsp3) is 0.500. The Hall–Kier alpha value is -1.75. The van der Waals surface area contributed by atoms with E-state index in [-0.39, 0.29) is 11.8 Å². The fourth-order valence-electron chi connectivity index (χ4n) is 2.67. The molecule has 1 heterocycles. The van der Waals surface area contributed by atoms with Crippen LogP contribution < -0.4 is 9.47 Å². The summed E-state index contributed by atoms with van der Waals surface area (Å²) in [5.74, 6) is 0.165. The number of carboxylic acid groups (broad SMARTS) is 1. The third-order valence-corrected chi connectivity index (χ3v) is 3.66. The molecule has 1 aromatic rings. The van der Waals surface area contributed by atoms with Gasteiger partial charge in [0.15, 0.2) is 11.5 Å². The summed E-state index contributed by atoms with van der Waals surface area (Å²) in [6, 6.07) is 5.62. The second-order valence-electron chi connectivity index (χ2n) is 4.89. The molecule has 1 fully saturated rings. The maximum Gasteiger partial charge on any atom is 0.308 e. The molecule has 1 saturated heterocycles. The maximum atomic E-state index is 11.3. The van der Waals surface area contributed by atoms with Crippen molar-refractivity contribution in [2.75, 3.05) is 34.4 Å². The van der Waals surface area contributed by atoms with E-state index < -0.39 is 5.97 Å². The van der Waals surface area contributed by atoms with Gasteiger partial charge in [0.1, 0.15) is 0 Å². The van der Waals surface area contributed by atoms with Gasteiger partial charge in [0.25, 0.3) is 0 Å². The Morgan fingerprint density at radius 2 is 1.95 bits per heavy atom. The Kier molecular flexibility index (Phi) is 3.95. The Balaban J connectivity index is 2.33. The van der Waals surface area contributed by atoms with Crippen LogP contribution in [0.4, 0.5) is 0 Å². The molecule has 1 aromatic carbocycles. The number of ether oxygens (including phenoxy) is 2. The molecule has 5 nitrogen and oxygen atoms in total. The number of hydrogen-bond donors (Lipinski definition) is 1. The lowest BCUT2D eigenvalue weighted by Crippen LogP contribution is -2.21. The summed E-state index contributed by atoms with van der Waals surface area (Å²) in [7, 11) is 5.11. The molecule has 2 rings (SSSR count). The Morgan fingerprint density at radius 3 is 2.53 bits per heavy atom. The highest BCUT2D eigenvalue weighted by Gasteiger charge is 2.37. The average Bonchev–Trinajstić information content (AvgIpc) is 2.80. The normalized spacial score (nSPS) is 23.3. The SMILES string of the molecule is COc1ccc([C@H]2CN(C)C[C@@H]2C(=O)O)cc1OC. The third-order valence-electron chi connectivity index (χ3n) is 3.66. The van der Waals surface area contributed by atoms with Crippen molar-refractivity contribution in [1.82, 2.24) is 4.90 Å². The fourth-order valence-corrected chi connectivity index (χ4v) is 2.67. The van der Waals surface area contributed by atoms with Gasteiger partial charge in [-0.3, -0.25) is 4.79 Å². The number of rotatable bonds is 4. The zero-order chi connectivity index (χ0) is 14.0. The predicted molar refractivity (Wildman–Crippen MR) is 70.9 cm³/mol. The van der Waals surface area contributed by atoms with Crippen LogP contribution in [0.5, 0.6) is 11.5 Å². The molecule has 1 aliphatic heterocycles. The number of carbonyl (C=O) groups is 1. The molecule has 0 unspecified atom stereocenters.